The summed E-state index contributed by atoms with van der Waals surface area (Å²) < 4.78 is 10.3. The fourth-order valence-electron chi connectivity index (χ4n) is 2.20. The Balaban J connectivity index is 1.98. The van der Waals surface area contributed by atoms with Crippen molar-refractivity contribution in [1.82, 2.24) is 14.7 Å². The molecule has 2 rings (SSSR count). The van der Waals surface area contributed by atoms with Gasteiger partial charge in [0.2, 0.25) is 0 Å². The fraction of sp³-hybridized carbons (Fsp3) is 0.833. The Morgan fingerprint density at radius 3 is 2.76 bits per heavy atom. The fourth-order valence-corrected chi connectivity index (χ4v) is 2.92. The number of ether oxygens (including phenoxy) is 1. The van der Waals surface area contributed by atoms with Crippen LogP contribution in [0.3, 0.4) is 0 Å². The zero-order valence-electron chi connectivity index (χ0n) is 10.8. The summed E-state index contributed by atoms with van der Waals surface area (Å²) in [6, 6.07) is 0.454. The van der Waals surface area contributed by atoms with Gasteiger partial charge in [-0.25, -0.2) is 0 Å². The molecule has 0 saturated heterocycles. The number of aromatic nitrogens is 2. The average molecular weight is 255 g/mol. The summed E-state index contributed by atoms with van der Waals surface area (Å²) in [5, 5.41) is 4.06. The lowest BCUT2D eigenvalue weighted by molar-refractivity contribution is 0.117. The van der Waals surface area contributed by atoms with Gasteiger partial charge in [-0.05, 0) is 26.3 Å². The van der Waals surface area contributed by atoms with E-state index >= 15 is 0 Å². The maximum Gasteiger partial charge on any atom is 0.293 e. The van der Waals surface area contributed by atoms with Gasteiger partial charge in [0.05, 0.1) is 0 Å². The lowest BCUT2D eigenvalue weighted by Gasteiger charge is -2.30. The maximum absolute atomic E-state index is 5.97. The lowest BCUT2D eigenvalue weighted by atomic mass is 9.93. The van der Waals surface area contributed by atoms with E-state index in [-0.39, 0.29) is 6.10 Å². The molecule has 1 fully saturated rings. The van der Waals surface area contributed by atoms with Crippen molar-refractivity contribution in [3.05, 3.63) is 5.82 Å². The molecule has 5 heteroatoms. The van der Waals surface area contributed by atoms with Crippen molar-refractivity contribution in [3.63, 3.8) is 0 Å². The molecule has 2 atom stereocenters. The highest BCUT2D eigenvalue weighted by Crippen LogP contribution is 2.26. The molecular weight excluding hydrogens is 234 g/mol. The smallest absolute Gasteiger partial charge is 0.293 e. The van der Waals surface area contributed by atoms with Crippen LogP contribution in [0.5, 0.6) is 5.19 Å². The van der Waals surface area contributed by atoms with E-state index in [2.05, 4.69) is 28.5 Å². The highest BCUT2D eigenvalue weighted by atomic mass is 32.1. The monoisotopic (exact) mass is 255 g/mol. The lowest BCUT2D eigenvalue weighted by Crippen LogP contribution is -2.43. The summed E-state index contributed by atoms with van der Waals surface area (Å²) in [7, 11) is 2.01. The molecule has 96 valence electrons. The normalized spacial score (nSPS) is 25.2. The number of nitrogens with one attached hydrogen (secondary N) is 1. The van der Waals surface area contributed by atoms with Gasteiger partial charge in [0.25, 0.3) is 5.19 Å². The largest absolute Gasteiger partial charge is 0.464 e. The van der Waals surface area contributed by atoms with Gasteiger partial charge in [-0.2, -0.15) is 9.36 Å². The van der Waals surface area contributed by atoms with Crippen LogP contribution in [0.2, 0.25) is 0 Å². The molecule has 4 nitrogen and oxygen atoms in total. The number of nitrogens with zero attached hydrogens (tertiary/aromatic N) is 2. The number of hydrogen-bond acceptors (Lipinski definition) is 5. The number of rotatable bonds is 4. The van der Waals surface area contributed by atoms with Crippen molar-refractivity contribution in [2.24, 2.45) is 0 Å². The molecule has 0 radical (unpaired) electrons. The van der Waals surface area contributed by atoms with Gasteiger partial charge < -0.3 is 10.1 Å². The maximum atomic E-state index is 5.97. The Morgan fingerprint density at radius 1 is 1.35 bits per heavy atom. The van der Waals surface area contributed by atoms with Gasteiger partial charge in [0.15, 0.2) is 0 Å². The molecule has 0 bridgehead atoms. The number of hydrogen-bond donors (Lipinski definition) is 1. The van der Waals surface area contributed by atoms with Crippen LogP contribution < -0.4 is 10.1 Å². The average Bonchev–Trinajstić information content (AvgIpc) is 2.78. The van der Waals surface area contributed by atoms with Gasteiger partial charge in [-0.15, -0.1) is 0 Å². The first-order valence-corrected chi connectivity index (χ1v) is 7.15. The van der Waals surface area contributed by atoms with Gasteiger partial charge in [-0.1, -0.05) is 20.3 Å². The van der Waals surface area contributed by atoms with Crippen LogP contribution >= 0.6 is 11.5 Å². The minimum Gasteiger partial charge on any atom is -0.464 e. The first-order valence-electron chi connectivity index (χ1n) is 6.38. The molecule has 1 aliphatic carbocycles. The van der Waals surface area contributed by atoms with Crippen LogP contribution in [-0.2, 0) is 0 Å². The molecule has 2 unspecified atom stereocenters. The summed E-state index contributed by atoms with van der Waals surface area (Å²) >= 11 is 1.37. The summed E-state index contributed by atoms with van der Waals surface area (Å²) in [5.74, 6) is 1.26. The van der Waals surface area contributed by atoms with Crippen molar-refractivity contribution in [2.75, 3.05) is 7.05 Å². The Kier molecular flexibility index (Phi) is 4.34. The molecular formula is C12H21N3OS. The molecule has 0 spiro atoms. The summed E-state index contributed by atoms with van der Waals surface area (Å²) in [5.41, 5.74) is 0. The van der Waals surface area contributed by atoms with E-state index in [0.29, 0.717) is 12.0 Å². The van der Waals surface area contributed by atoms with Gasteiger partial charge in [0.1, 0.15) is 11.9 Å². The minimum absolute atomic E-state index is 0.252. The second kappa shape index (κ2) is 5.78. The summed E-state index contributed by atoms with van der Waals surface area (Å²) in [6.07, 6.45) is 5.10. The Morgan fingerprint density at radius 2 is 2.12 bits per heavy atom. The molecule has 1 N–H and O–H groups in total. The Labute approximate surface area is 107 Å². The molecule has 1 saturated carbocycles. The van der Waals surface area contributed by atoms with Crippen LogP contribution in [0.15, 0.2) is 0 Å². The summed E-state index contributed by atoms with van der Waals surface area (Å²) in [6.45, 7) is 4.20. The first kappa shape index (κ1) is 12.8. The second-order valence-electron chi connectivity index (χ2n) is 4.91. The van der Waals surface area contributed by atoms with E-state index in [1.54, 1.807) is 0 Å². The van der Waals surface area contributed by atoms with Crippen molar-refractivity contribution in [2.45, 2.75) is 57.6 Å². The molecule has 1 aliphatic rings. The third kappa shape index (κ3) is 3.16. The topological polar surface area (TPSA) is 47.0 Å². The van der Waals surface area contributed by atoms with Gasteiger partial charge >= 0.3 is 0 Å². The quantitative estimate of drug-likeness (QED) is 0.898. The zero-order valence-corrected chi connectivity index (χ0v) is 11.6. The third-order valence-electron chi connectivity index (χ3n) is 3.27. The van der Waals surface area contributed by atoms with Crippen molar-refractivity contribution < 1.29 is 4.74 Å². The van der Waals surface area contributed by atoms with E-state index in [0.717, 1.165) is 17.4 Å². The van der Waals surface area contributed by atoms with Crippen LogP contribution in [0.25, 0.3) is 0 Å². The van der Waals surface area contributed by atoms with Crippen molar-refractivity contribution in [3.8, 4) is 5.19 Å². The standard InChI is InChI=1S/C12H21N3OS/c1-8(2)11-14-12(17-15-11)16-10-7-5-4-6-9(10)13-3/h8-10,13H,4-7H2,1-3H3. The van der Waals surface area contributed by atoms with E-state index in [1.165, 1.54) is 30.8 Å². The molecule has 0 aliphatic heterocycles. The van der Waals surface area contributed by atoms with E-state index < -0.39 is 0 Å². The Bertz CT molecular complexity index is 353. The Hall–Kier alpha value is -0.680. The van der Waals surface area contributed by atoms with Gasteiger partial charge in [0, 0.05) is 23.5 Å². The van der Waals surface area contributed by atoms with Crippen molar-refractivity contribution in [1.29, 1.82) is 0 Å². The van der Waals surface area contributed by atoms with E-state index in [9.17, 15) is 0 Å². The first-order chi connectivity index (χ1) is 8.20. The highest BCUT2D eigenvalue weighted by Gasteiger charge is 2.26. The molecule has 0 aromatic carbocycles. The molecule has 1 aromatic rings. The zero-order chi connectivity index (χ0) is 12.3. The van der Waals surface area contributed by atoms with Gasteiger partial charge in [-0.3, -0.25) is 0 Å². The molecule has 0 amide bonds. The van der Waals surface area contributed by atoms with E-state index in [4.69, 9.17) is 4.74 Å². The molecule has 1 aromatic heterocycles. The third-order valence-corrected chi connectivity index (χ3v) is 3.89. The van der Waals surface area contributed by atoms with Crippen LogP contribution in [0.1, 0.15) is 51.3 Å². The van der Waals surface area contributed by atoms with E-state index in [1.807, 2.05) is 7.05 Å². The molecule has 1 heterocycles. The minimum atomic E-state index is 0.252. The molecule has 17 heavy (non-hydrogen) atoms. The number of likely N-dealkylation sites (N-methyl/N-ethyl adjacent to an activating group) is 1. The summed E-state index contributed by atoms with van der Waals surface area (Å²) in [4.78, 5) is 4.43. The van der Waals surface area contributed by atoms with Crippen LogP contribution in [-0.4, -0.2) is 28.6 Å². The predicted octanol–water partition coefficient (Wildman–Crippen LogP) is 2.57. The second-order valence-corrected chi connectivity index (χ2v) is 5.62. The predicted molar refractivity (Wildman–Crippen MR) is 69.7 cm³/mol. The van der Waals surface area contributed by atoms with Crippen LogP contribution in [0.4, 0.5) is 0 Å². The van der Waals surface area contributed by atoms with Crippen LogP contribution in [0, 0.1) is 0 Å². The van der Waals surface area contributed by atoms with Crippen molar-refractivity contribution >= 4 is 11.5 Å². The highest BCUT2D eigenvalue weighted by molar-refractivity contribution is 7.07. The SMILES string of the molecule is CNC1CCCCC1Oc1nc(C(C)C)ns1.